The predicted octanol–water partition coefficient (Wildman–Crippen LogP) is 3.76. The lowest BCUT2D eigenvalue weighted by atomic mass is 10.2. The van der Waals surface area contributed by atoms with Gasteiger partial charge < -0.3 is 9.30 Å². The van der Waals surface area contributed by atoms with Crippen LogP contribution >= 0.6 is 0 Å². The Morgan fingerprint density at radius 3 is 2.85 bits per heavy atom. The highest BCUT2D eigenvalue weighted by molar-refractivity contribution is 5.82. The lowest BCUT2D eigenvalue weighted by molar-refractivity contribution is -0.121. The van der Waals surface area contributed by atoms with Crippen molar-refractivity contribution in [2.75, 3.05) is 6.61 Å². The number of aryl methyl sites for hydroxylation is 1. The van der Waals surface area contributed by atoms with Gasteiger partial charge in [0, 0.05) is 13.0 Å². The van der Waals surface area contributed by atoms with Gasteiger partial charge in [-0.05, 0) is 48.4 Å². The van der Waals surface area contributed by atoms with Gasteiger partial charge in [0.15, 0.2) is 0 Å². The smallest absolute Gasteiger partial charge is 0.241 e. The Morgan fingerprint density at radius 1 is 1.22 bits per heavy atom. The molecular formula is C21H24N4O2. The maximum absolute atomic E-state index is 12.0. The number of amides is 1. The van der Waals surface area contributed by atoms with Crippen LogP contribution in [-0.2, 0) is 11.3 Å². The summed E-state index contributed by atoms with van der Waals surface area (Å²) in [7, 11) is 0. The summed E-state index contributed by atoms with van der Waals surface area (Å²) in [5.41, 5.74) is 5.42. The van der Waals surface area contributed by atoms with Crippen molar-refractivity contribution in [3.63, 3.8) is 0 Å². The molecule has 0 aliphatic heterocycles. The van der Waals surface area contributed by atoms with Gasteiger partial charge in [0.1, 0.15) is 5.75 Å². The molecule has 1 heterocycles. The van der Waals surface area contributed by atoms with E-state index in [4.69, 9.17) is 4.74 Å². The molecule has 0 atom stereocenters. The van der Waals surface area contributed by atoms with E-state index in [2.05, 4.69) is 22.4 Å². The summed E-state index contributed by atoms with van der Waals surface area (Å²) >= 11 is 0. The predicted molar refractivity (Wildman–Crippen MR) is 107 cm³/mol. The number of rotatable bonds is 9. The molecule has 0 saturated carbocycles. The van der Waals surface area contributed by atoms with E-state index in [0.717, 1.165) is 41.8 Å². The number of hydrogen-bond donors (Lipinski definition) is 1. The minimum absolute atomic E-state index is 0.136. The first-order chi connectivity index (χ1) is 13.3. The third kappa shape index (κ3) is 5.41. The lowest BCUT2D eigenvalue weighted by Gasteiger charge is -2.05. The van der Waals surface area contributed by atoms with E-state index in [1.807, 2.05) is 53.1 Å². The van der Waals surface area contributed by atoms with Gasteiger partial charge in [-0.2, -0.15) is 5.10 Å². The molecule has 1 amide bonds. The molecule has 2 aromatic carbocycles. The fraction of sp³-hybridized carbons (Fsp3) is 0.286. The standard InChI is InChI=1S/C21H24N4O2/c1-2-3-14-27-18-10-8-17(9-11-18)15-23-24-21(26)12-13-25-16-22-19-6-4-5-7-20(19)25/h4-11,15-16H,2-3,12-14H2,1H3,(H,24,26). The van der Waals surface area contributed by atoms with Gasteiger partial charge in [-0.15, -0.1) is 0 Å². The zero-order valence-electron chi connectivity index (χ0n) is 15.5. The second-order valence-corrected chi connectivity index (χ2v) is 6.24. The molecular weight excluding hydrogens is 340 g/mol. The molecule has 0 bridgehead atoms. The lowest BCUT2D eigenvalue weighted by Crippen LogP contribution is -2.19. The molecule has 0 radical (unpaired) electrons. The molecule has 27 heavy (non-hydrogen) atoms. The monoisotopic (exact) mass is 364 g/mol. The van der Waals surface area contributed by atoms with Crippen molar-refractivity contribution in [1.82, 2.24) is 15.0 Å². The van der Waals surface area contributed by atoms with E-state index in [0.29, 0.717) is 13.0 Å². The Morgan fingerprint density at radius 2 is 2.04 bits per heavy atom. The van der Waals surface area contributed by atoms with Gasteiger partial charge in [0.05, 0.1) is 30.2 Å². The number of ether oxygens (including phenoxy) is 1. The average Bonchev–Trinajstić information content (AvgIpc) is 3.11. The highest BCUT2D eigenvalue weighted by Crippen LogP contribution is 2.12. The summed E-state index contributed by atoms with van der Waals surface area (Å²) in [6.45, 7) is 3.42. The van der Waals surface area contributed by atoms with Crippen LogP contribution in [0.3, 0.4) is 0 Å². The van der Waals surface area contributed by atoms with Crippen LogP contribution in [0.1, 0.15) is 31.7 Å². The third-order valence-electron chi connectivity index (χ3n) is 4.16. The molecule has 0 fully saturated rings. The van der Waals surface area contributed by atoms with Crippen LogP contribution in [0.25, 0.3) is 11.0 Å². The number of carbonyl (C=O) groups is 1. The van der Waals surface area contributed by atoms with E-state index < -0.39 is 0 Å². The fourth-order valence-electron chi connectivity index (χ4n) is 2.63. The molecule has 6 heteroatoms. The Kier molecular flexibility index (Phi) is 6.57. The molecule has 0 spiro atoms. The van der Waals surface area contributed by atoms with Crippen LogP contribution in [0.2, 0.25) is 0 Å². The molecule has 0 aliphatic rings. The zero-order valence-corrected chi connectivity index (χ0v) is 15.5. The summed E-state index contributed by atoms with van der Waals surface area (Å²) in [6.07, 6.45) is 5.87. The Hall–Kier alpha value is -3.15. The number of nitrogens with one attached hydrogen (secondary N) is 1. The first kappa shape index (κ1) is 18.6. The number of nitrogens with zero attached hydrogens (tertiary/aromatic N) is 3. The summed E-state index contributed by atoms with van der Waals surface area (Å²) in [5.74, 6) is 0.709. The van der Waals surface area contributed by atoms with E-state index in [1.54, 1.807) is 12.5 Å². The molecule has 140 valence electrons. The van der Waals surface area contributed by atoms with Crippen molar-refractivity contribution < 1.29 is 9.53 Å². The zero-order chi connectivity index (χ0) is 18.9. The summed E-state index contributed by atoms with van der Waals surface area (Å²) < 4.78 is 7.59. The second-order valence-electron chi connectivity index (χ2n) is 6.24. The highest BCUT2D eigenvalue weighted by atomic mass is 16.5. The van der Waals surface area contributed by atoms with E-state index in [9.17, 15) is 4.79 Å². The largest absolute Gasteiger partial charge is 0.494 e. The average molecular weight is 364 g/mol. The second kappa shape index (κ2) is 9.52. The maximum atomic E-state index is 12.0. The van der Waals surface area contributed by atoms with Gasteiger partial charge in [0.25, 0.3) is 0 Å². The Labute approximate surface area is 158 Å². The minimum Gasteiger partial charge on any atom is -0.494 e. The molecule has 1 aromatic heterocycles. The van der Waals surface area contributed by atoms with Crippen molar-refractivity contribution in [2.45, 2.75) is 32.7 Å². The van der Waals surface area contributed by atoms with Crippen molar-refractivity contribution in [3.05, 3.63) is 60.4 Å². The van der Waals surface area contributed by atoms with Gasteiger partial charge >= 0.3 is 0 Å². The summed E-state index contributed by atoms with van der Waals surface area (Å²) in [5, 5.41) is 4.02. The number of fused-ring (bicyclic) bond motifs is 1. The van der Waals surface area contributed by atoms with Crippen LogP contribution in [0, 0.1) is 0 Å². The van der Waals surface area contributed by atoms with Crippen LogP contribution in [0.15, 0.2) is 60.0 Å². The number of imidazole rings is 1. The summed E-state index contributed by atoms with van der Waals surface area (Å²) in [4.78, 5) is 16.3. The first-order valence-corrected chi connectivity index (χ1v) is 9.21. The third-order valence-corrected chi connectivity index (χ3v) is 4.16. The molecule has 1 N–H and O–H groups in total. The van der Waals surface area contributed by atoms with Crippen LogP contribution in [0.4, 0.5) is 0 Å². The van der Waals surface area contributed by atoms with Gasteiger partial charge in [-0.25, -0.2) is 10.4 Å². The molecule has 3 aromatic rings. The van der Waals surface area contributed by atoms with Gasteiger partial charge in [0.2, 0.25) is 5.91 Å². The van der Waals surface area contributed by atoms with Gasteiger partial charge in [-0.1, -0.05) is 25.5 Å². The molecule has 6 nitrogen and oxygen atoms in total. The SMILES string of the molecule is CCCCOc1ccc(C=NNC(=O)CCn2cnc3ccccc32)cc1. The number of hydrogen-bond acceptors (Lipinski definition) is 4. The van der Waals surface area contributed by atoms with Crippen LogP contribution < -0.4 is 10.2 Å². The van der Waals surface area contributed by atoms with Crippen molar-refractivity contribution >= 4 is 23.2 Å². The number of para-hydroxylation sites is 2. The molecule has 0 saturated heterocycles. The Balaban J connectivity index is 1.44. The number of unbranched alkanes of at least 4 members (excludes halogenated alkanes) is 1. The normalized spacial score (nSPS) is 11.1. The number of benzene rings is 2. The highest BCUT2D eigenvalue weighted by Gasteiger charge is 2.04. The van der Waals surface area contributed by atoms with Crippen molar-refractivity contribution in [3.8, 4) is 5.75 Å². The number of aromatic nitrogens is 2. The first-order valence-electron chi connectivity index (χ1n) is 9.21. The van der Waals surface area contributed by atoms with E-state index >= 15 is 0 Å². The van der Waals surface area contributed by atoms with Gasteiger partial charge in [-0.3, -0.25) is 4.79 Å². The quantitative estimate of drug-likeness (QED) is 0.357. The number of carbonyl (C=O) groups excluding carboxylic acids is 1. The van der Waals surface area contributed by atoms with Crippen LogP contribution in [-0.4, -0.2) is 28.3 Å². The molecule has 0 aliphatic carbocycles. The number of hydrazone groups is 1. The topological polar surface area (TPSA) is 68.5 Å². The van der Waals surface area contributed by atoms with E-state index in [-0.39, 0.29) is 5.91 Å². The maximum Gasteiger partial charge on any atom is 0.241 e. The van der Waals surface area contributed by atoms with E-state index in [1.165, 1.54) is 0 Å². The van der Waals surface area contributed by atoms with Crippen molar-refractivity contribution in [2.24, 2.45) is 5.10 Å². The fourth-order valence-corrected chi connectivity index (χ4v) is 2.63. The summed E-state index contributed by atoms with van der Waals surface area (Å²) in [6, 6.07) is 15.5. The minimum atomic E-state index is -0.136. The van der Waals surface area contributed by atoms with Crippen LogP contribution in [0.5, 0.6) is 5.75 Å². The molecule has 3 rings (SSSR count). The Bertz CT molecular complexity index is 900. The molecule has 0 unspecified atom stereocenters. The van der Waals surface area contributed by atoms with Crippen molar-refractivity contribution in [1.29, 1.82) is 0 Å².